The highest BCUT2D eigenvalue weighted by molar-refractivity contribution is 5.77. The minimum absolute atomic E-state index is 0.000602. The summed E-state index contributed by atoms with van der Waals surface area (Å²) in [6.07, 6.45) is 1.27. The van der Waals surface area contributed by atoms with E-state index in [0.29, 0.717) is 25.9 Å². The fourth-order valence-corrected chi connectivity index (χ4v) is 1.91. The predicted octanol–water partition coefficient (Wildman–Crippen LogP) is 0.471. The van der Waals surface area contributed by atoms with Gasteiger partial charge in [-0.3, -0.25) is 9.59 Å². The Morgan fingerprint density at radius 3 is 2.38 bits per heavy atom. The van der Waals surface area contributed by atoms with E-state index < -0.39 is 5.97 Å². The topological polar surface area (TPSA) is 77.8 Å². The summed E-state index contributed by atoms with van der Waals surface area (Å²) >= 11 is 0. The van der Waals surface area contributed by atoms with Crippen molar-refractivity contribution in [3.63, 3.8) is 0 Å². The Kier molecular flexibility index (Phi) is 4.73. The molecule has 1 aliphatic rings. The van der Waals surface area contributed by atoms with Crippen LogP contribution in [0.4, 0.5) is 0 Å². The number of aliphatic hydroxyl groups excluding tert-OH is 1. The zero-order chi connectivity index (χ0) is 12.1. The van der Waals surface area contributed by atoms with Gasteiger partial charge in [-0.25, -0.2) is 0 Å². The number of carboxylic acids is 1. The van der Waals surface area contributed by atoms with Crippen LogP contribution in [-0.4, -0.2) is 46.2 Å². The quantitative estimate of drug-likeness (QED) is 0.734. The van der Waals surface area contributed by atoms with Crippen molar-refractivity contribution in [2.24, 2.45) is 5.92 Å². The first-order valence-electron chi connectivity index (χ1n) is 5.66. The number of carboxylic acid groups (broad SMARTS) is 1. The molecular formula is C11H19NO4. The monoisotopic (exact) mass is 229 g/mol. The summed E-state index contributed by atoms with van der Waals surface area (Å²) in [5.74, 6) is -0.994. The Labute approximate surface area is 95.1 Å². The molecule has 5 nitrogen and oxygen atoms in total. The number of carbonyl (C=O) groups is 2. The Bertz CT molecular complexity index is 259. The molecule has 0 saturated carbocycles. The number of likely N-dealkylation sites (tertiary alicyclic amines) is 1. The summed E-state index contributed by atoms with van der Waals surface area (Å²) < 4.78 is 0. The Morgan fingerprint density at radius 2 is 1.88 bits per heavy atom. The number of aliphatic hydroxyl groups is 1. The average Bonchev–Trinajstić information content (AvgIpc) is 2.16. The number of aliphatic carboxylic acids is 1. The molecule has 92 valence electrons. The fourth-order valence-electron chi connectivity index (χ4n) is 1.91. The van der Waals surface area contributed by atoms with Crippen LogP contribution in [0.3, 0.4) is 0 Å². The van der Waals surface area contributed by atoms with E-state index in [9.17, 15) is 14.7 Å². The summed E-state index contributed by atoms with van der Waals surface area (Å²) in [7, 11) is 0. The maximum Gasteiger partial charge on any atom is 0.303 e. The smallest absolute Gasteiger partial charge is 0.303 e. The average molecular weight is 229 g/mol. The molecule has 2 N–H and O–H groups in total. The molecule has 16 heavy (non-hydrogen) atoms. The number of piperidine rings is 1. The largest absolute Gasteiger partial charge is 0.481 e. The molecule has 1 unspecified atom stereocenters. The van der Waals surface area contributed by atoms with Gasteiger partial charge in [0.15, 0.2) is 0 Å². The molecule has 0 aromatic rings. The molecule has 1 fully saturated rings. The van der Waals surface area contributed by atoms with Crippen LogP contribution in [0.2, 0.25) is 0 Å². The first-order chi connectivity index (χ1) is 7.49. The van der Waals surface area contributed by atoms with Crippen molar-refractivity contribution in [2.75, 3.05) is 13.1 Å². The lowest BCUT2D eigenvalue weighted by atomic mass is 10.0. The number of rotatable bonds is 4. The van der Waals surface area contributed by atoms with Gasteiger partial charge in [0.1, 0.15) is 0 Å². The number of hydrogen-bond acceptors (Lipinski definition) is 3. The summed E-state index contributed by atoms with van der Waals surface area (Å²) in [5, 5.41) is 17.9. The van der Waals surface area contributed by atoms with E-state index in [4.69, 9.17) is 5.11 Å². The molecule has 1 atom stereocenters. The van der Waals surface area contributed by atoms with Gasteiger partial charge in [-0.1, -0.05) is 6.92 Å². The molecular weight excluding hydrogens is 210 g/mol. The molecule has 5 heteroatoms. The van der Waals surface area contributed by atoms with Crippen LogP contribution in [0.1, 0.15) is 32.6 Å². The van der Waals surface area contributed by atoms with Crippen LogP contribution in [0.5, 0.6) is 0 Å². The number of nitrogens with zero attached hydrogens (tertiary/aromatic N) is 1. The summed E-state index contributed by atoms with van der Waals surface area (Å²) in [6, 6.07) is 0. The van der Waals surface area contributed by atoms with Gasteiger partial charge in [-0.15, -0.1) is 0 Å². The molecule has 0 radical (unpaired) electrons. The van der Waals surface area contributed by atoms with Gasteiger partial charge < -0.3 is 15.1 Å². The minimum Gasteiger partial charge on any atom is -0.481 e. The summed E-state index contributed by atoms with van der Waals surface area (Å²) in [4.78, 5) is 23.9. The Morgan fingerprint density at radius 1 is 1.31 bits per heavy atom. The van der Waals surface area contributed by atoms with Crippen molar-refractivity contribution < 1.29 is 19.8 Å². The van der Waals surface area contributed by atoms with E-state index in [1.807, 2.05) is 0 Å². The lowest BCUT2D eigenvalue weighted by Crippen LogP contribution is -2.40. The summed E-state index contributed by atoms with van der Waals surface area (Å²) in [6.45, 7) is 2.93. The number of hydrogen-bond donors (Lipinski definition) is 2. The lowest BCUT2D eigenvalue weighted by Gasteiger charge is -2.30. The normalized spacial score (nSPS) is 19.5. The van der Waals surface area contributed by atoms with Gasteiger partial charge in [-0.05, 0) is 18.8 Å². The number of carbonyl (C=O) groups excluding carboxylic acids is 1. The second-order valence-electron chi connectivity index (χ2n) is 4.52. The van der Waals surface area contributed by atoms with Crippen molar-refractivity contribution in [2.45, 2.75) is 38.7 Å². The highest BCUT2D eigenvalue weighted by Crippen LogP contribution is 2.15. The van der Waals surface area contributed by atoms with Crippen LogP contribution in [0, 0.1) is 5.92 Å². The summed E-state index contributed by atoms with van der Waals surface area (Å²) in [5.41, 5.74) is 0. The molecule has 0 bridgehead atoms. The predicted molar refractivity (Wildman–Crippen MR) is 57.9 cm³/mol. The molecule has 1 aliphatic heterocycles. The van der Waals surface area contributed by atoms with E-state index in [0.717, 1.165) is 0 Å². The molecule has 0 spiro atoms. The zero-order valence-corrected chi connectivity index (χ0v) is 9.56. The first-order valence-corrected chi connectivity index (χ1v) is 5.66. The molecule has 0 aromatic heterocycles. The standard InChI is InChI=1S/C11H19NO4/c1-8(7-11(15)16)6-10(14)12-4-2-9(13)3-5-12/h8-9,13H,2-7H2,1H3,(H,15,16). The third-order valence-electron chi connectivity index (χ3n) is 2.86. The molecule has 1 heterocycles. The molecule has 1 rings (SSSR count). The third kappa shape index (κ3) is 4.18. The van der Waals surface area contributed by atoms with Crippen molar-refractivity contribution in [1.29, 1.82) is 0 Å². The highest BCUT2D eigenvalue weighted by atomic mass is 16.4. The van der Waals surface area contributed by atoms with Crippen molar-refractivity contribution >= 4 is 11.9 Å². The SMILES string of the molecule is CC(CC(=O)O)CC(=O)N1CCC(O)CC1. The van der Waals surface area contributed by atoms with E-state index in [1.165, 1.54) is 0 Å². The van der Waals surface area contributed by atoms with Crippen LogP contribution in [0.15, 0.2) is 0 Å². The zero-order valence-electron chi connectivity index (χ0n) is 9.56. The Balaban J connectivity index is 2.32. The van der Waals surface area contributed by atoms with Crippen LogP contribution >= 0.6 is 0 Å². The third-order valence-corrected chi connectivity index (χ3v) is 2.86. The van der Waals surface area contributed by atoms with Crippen molar-refractivity contribution in [3.8, 4) is 0 Å². The van der Waals surface area contributed by atoms with Crippen LogP contribution in [0.25, 0.3) is 0 Å². The molecule has 0 aliphatic carbocycles. The van der Waals surface area contributed by atoms with Gasteiger partial charge in [0.25, 0.3) is 0 Å². The van der Waals surface area contributed by atoms with Gasteiger partial charge in [0.2, 0.25) is 5.91 Å². The van der Waals surface area contributed by atoms with Crippen molar-refractivity contribution in [1.82, 2.24) is 4.90 Å². The van der Waals surface area contributed by atoms with E-state index in [-0.39, 0.29) is 30.8 Å². The van der Waals surface area contributed by atoms with Gasteiger partial charge in [-0.2, -0.15) is 0 Å². The van der Waals surface area contributed by atoms with E-state index >= 15 is 0 Å². The van der Waals surface area contributed by atoms with E-state index in [1.54, 1.807) is 11.8 Å². The fraction of sp³-hybridized carbons (Fsp3) is 0.818. The van der Waals surface area contributed by atoms with E-state index in [2.05, 4.69) is 0 Å². The lowest BCUT2D eigenvalue weighted by molar-refractivity contribution is -0.139. The van der Waals surface area contributed by atoms with Gasteiger partial charge in [0, 0.05) is 25.9 Å². The molecule has 1 amide bonds. The first kappa shape index (κ1) is 13.0. The maximum atomic E-state index is 11.7. The highest BCUT2D eigenvalue weighted by Gasteiger charge is 2.22. The Hall–Kier alpha value is -1.10. The maximum absolute atomic E-state index is 11.7. The minimum atomic E-state index is -0.866. The van der Waals surface area contributed by atoms with Crippen molar-refractivity contribution in [3.05, 3.63) is 0 Å². The van der Waals surface area contributed by atoms with Crippen LogP contribution < -0.4 is 0 Å². The second kappa shape index (κ2) is 5.84. The molecule has 0 aromatic carbocycles. The van der Waals surface area contributed by atoms with Crippen LogP contribution in [-0.2, 0) is 9.59 Å². The molecule has 1 saturated heterocycles. The van der Waals surface area contributed by atoms with Gasteiger partial charge >= 0.3 is 5.97 Å². The van der Waals surface area contributed by atoms with Gasteiger partial charge in [0.05, 0.1) is 6.10 Å². The number of amides is 1. The second-order valence-corrected chi connectivity index (χ2v) is 4.52.